The van der Waals surface area contributed by atoms with E-state index in [0.29, 0.717) is 6.10 Å². The third-order valence-electron chi connectivity index (χ3n) is 7.94. The number of aromatic amines is 2. The molecule has 0 amide bonds. The molecule has 0 spiro atoms. The van der Waals surface area contributed by atoms with Gasteiger partial charge in [-0.3, -0.25) is 15.1 Å². The summed E-state index contributed by atoms with van der Waals surface area (Å²) in [5.41, 5.74) is 7.33. The molecule has 7 heteroatoms. The summed E-state index contributed by atoms with van der Waals surface area (Å²) in [5.74, 6) is 0.852. The fourth-order valence-electron chi connectivity index (χ4n) is 5.97. The summed E-state index contributed by atoms with van der Waals surface area (Å²) >= 11 is 0. The Kier molecular flexibility index (Phi) is 5.76. The molecule has 5 aromatic rings. The summed E-state index contributed by atoms with van der Waals surface area (Å²) in [6.07, 6.45) is 17.8. The molecule has 1 aromatic carbocycles. The average molecular weight is 493 g/mol. The highest BCUT2D eigenvalue weighted by Gasteiger charge is 2.19. The molecular formula is C30H32N6O. The van der Waals surface area contributed by atoms with Crippen LogP contribution in [0.25, 0.3) is 44.3 Å². The molecule has 2 N–H and O–H groups in total. The molecule has 37 heavy (non-hydrogen) atoms. The normalized spacial score (nSPS) is 17.0. The van der Waals surface area contributed by atoms with E-state index in [1.807, 2.05) is 24.8 Å². The third kappa shape index (κ3) is 4.32. The zero-order valence-electron chi connectivity index (χ0n) is 21.0. The number of nitrogens with zero attached hydrogens (tertiary/aromatic N) is 4. The van der Waals surface area contributed by atoms with Crippen LogP contribution < -0.4 is 9.64 Å². The standard InChI is InChI=1S/C30H32N6O/c1-3-7-22(8-4-1)37-23-13-21(16-31-17-23)20-9-10-26-25(14-20)30(35-34-26)27-15-24-28(33-27)18-32-19-29(24)36-11-5-2-6-12-36/h9-10,13-19,22,33H,1-8,11-12H2,(H,34,35). The number of hydrogen-bond donors (Lipinski definition) is 2. The van der Waals surface area contributed by atoms with E-state index in [4.69, 9.17) is 9.84 Å². The number of pyridine rings is 2. The average Bonchev–Trinajstić information content (AvgIpc) is 3.58. The zero-order chi connectivity index (χ0) is 24.6. The van der Waals surface area contributed by atoms with E-state index < -0.39 is 0 Å². The van der Waals surface area contributed by atoms with Crippen molar-refractivity contribution in [1.82, 2.24) is 25.1 Å². The van der Waals surface area contributed by atoms with Crippen LogP contribution in [0, 0.1) is 0 Å². The van der Waals surface area contributed by atoms with Gasteiger partial charge in [0.2, 0.25) is 0 Å². The van der Waals surface area contributed by atoms with Crippen LogP contribution in [0.2, 0.25) is 0 Å². The topological polar surface area (TPSA) is 82.7 Å². The lowest BCUT2D eigenvalue weighted by Crippen LogP contribution is -2.29. The first-order valence-electron chi connectivity index (χ1n) is 13.6. The summed E-state index contributed by atoms with van der Waals surface area (Å²) in [4.78, 5) is 15.1. The van der Waals surface area contributed by atoms with Crippen LogP contribution in [-0.2, 0) is 0 Å². The van der Waals surface area contributed by atoms with Gasteiger partial charge in [-0.1, -0.05) is 12.5 Å². The maximum Gasteiger partial charge on any atom is 0.138 e. The number of fused-ring (bicyclic) bond motifs is 2. The summed E-state index contributed by atoms with van der Waals surface area (Å²) in [6, 6.07) is 10.8. The van der Waals surface area contributed by atoms with E-state index in [1.54, 1.807) is 0 Å². The quantitative estimate of drug-likeness (QED) is 0.280. The van der Waals surface area contributed by atoms with Crippen LogP contribution >= 0.6 is 0 Å². The SMILES string of the molecule is c1ncc(-c2ccc3[nH]nc(-c4cc5c(N6CCCCC6)cncc5[nH]4)c3c2)cc1OC1CCCCC1. The number of H-pyrrole nitrogens is 2. The van der Waals surface area contributed by atoms with E-state index in [-0.39, 0.29) is 0 Å². The molecule has 7 rings (SSSR count). The van der Waals surface area contributed by atoms with Gasteiger partial charge in [0.05, 0.1) is 47.1 Å². The van der Waals surface area contributed by atoms with Gasteiger partial charge in [0.15, 0.2) is 0 Å². The number of aromatic nitrogens is 5. The monoisotopic (exact) mass is 492 g/mol. The van der Waals surface area contributed by atoms with Crippen molar-refractivity contribution in [2.45, 2.75) is 57.5 Å². The molecule has 1 saturated carbocycles. The van der Waals surface area contributed by atoms with Gasteiger partial charge in [-0.25, -0.2) is 0 Å². The minimum atomic E-state index is 0.306. The summed E-state index contributed by atoms with van der Waals surface area (Å²) < 4.78 is 6.28. The highest BCUT2D eigenvalue weighted by atomic mass is 16.5. The van der Waals surface area contributed by atoms with Crippen molar-refractivity contribution in [1.29, 1.82) is 0 Å². The van der Waals surface area contributed by atoms with Crippen molar-refractivity contribution in [3.05, 3.63) is 55.1 Å². The van der Waals surface area contributed by atoms with Crippen LogP contribution in [0.5, 0.6) is 5.75 Å². The van der Waals surface area contributed by atoms with Crippen molar-refractivity contribution in [3.63, 3.8) is 0 Å². The number of nitrogens with one attached hydrogen (secondary N) is 2. The molecule has 4 aromatic heterocycles. The molecular weight excluding hydrogens is 460 g/mol. The van der Waals surface area contributed by atoms with Crippen LogP contribution in [0.15, 0.2) is 55.1 Å². The highest BCUT2D eigenvalue weighted by molar-refractivity contribution is 6.00. The smallest absolute Gasteiger partial charge is 0.138 e. The number of benzene rings is 1. The zero-order valence-corrected chi connectivity index (χ0v) is 21.0. The largest absolute Gasteiger partial charge is 0.489 e. The predicted octanol–water partition coefficient (Wildman–Crippen LogP) is 6.87. The Morgan fingerprint density at radius 2 is 1.59 bits per heavy atom. The lowest BCUT2D eigenvalue weighted by molar-refractivity contribution is 0.154. The molecule has 5 heterocycles. The molecule has 2 aliphatic rings. The summed E-state index contributed by atoms with van der Waals surface area (Å²) in [5, 5.41) is 10.2. The second-order valence-corrected chi connectivity index (χ2v) is 10.5. The van der Waals surface area contributed by atoms with Gasteiger partial charge in [0.1, 0.15) is 11.4 Å². The van der Waals surface area contributed by atoms with Gasteiger partial charge in [-0.2, -0.15) is 5.10 Å². The predicted molar refractivity (Wildman–Crippen MR) is 148 cm³/mol. The first kappa shape index (κ1) is 22.3. The van der Waals surface area contributed by atoms with Gasteiger partial charge in [0, 0.05) is 35.6 Å². The maximum atomic E-state index is 6.28. The van der Waals surface area contributed by atoms with E-state index in [9.17, 15) is 0 Å². The Balaban J connectivity index is 1.23. The first-order chi connectivity index (χ1) is 18.3. The van der Waals surface area contributed by atoms with Crippen molar-refractivity contribution in [2.24, 2.45) is 0 Å². The Morgan fingerprint density at radius 3 is 2.49 bits per heavy atom. The Bertz CT molecular complexity index is 1540. The second-order valence-electron chi connectivity index (χ2n) is 10.5. The molecule has 0 bridgehead atoms. The first-order valence-corrected chi connectivity index (χ1v) is 13.6. The minimum absolute atomic E-state index is 0.306. The van der Waals surface area contributed by atoms with E-state index in [2.05, 4.69) is 55.3 Å². The Hall–Kier alpha value is -3.87. The van der Waals surface area contributed by atoms with Gasteiger partial charge >= 0.3 is 0 Å². The molecule has 0 radical (unpaired) electrons. The van der Waals surface area contributed by atoms with Crippen molar-refractivity contribution < 1.29 is 4.74 Å². The summed E-state index contributed by atoms with van der Waals surface area (Å²) in [7, 11) is 0. The van der Waals surface area contributed by atoms with E-state index in [0.717, 1.165) is 70.6 Å². The van der Waals surface area contributed by atoms with Gasteiger partial charge in [-0.05, 0) is 74.8 Å². The van der Waals surface area contributed by atoms with Crippen molar-refractivity contribution in [3.8, 4) is 28.3 Å². The van der Waals surface area contributed by atoms with Gasteiger partial charge < -0.3 is 14.6 Å². The van der Waals surface area contributed by atoms with Crippen LogP contribution in [0.3, 0.4) is 0 Å². The highest BCUT2D eigenvalue weighted by Crippen LogP contribution is 2.35. The van der Waals surface area contributed by atoms with Crippen molar-refractivity contribution >= 4 is 27.5 Å². The van der Waals surface area contributed by atoms with Gasteiger partial charge in [0.25, 0.3) is 0 Å². The van der Waals surface area contributed by atoms with Gasteiger partial charge in [-0.15, -0.1) is 0 Å². The van der Waals surface area contributed by atoms with Crippen LogP contribution in [-0.4, -0.2) is 44.3 Å². The molecule has 1 aliphatic heterocycles. The second kappa shape index (κ2) is 9.54. The molecule has 1 aliphatic carbocycles. The fourth-order valence-corrected chi connectivity index (χ4v) is 5.97. The van der Waals surface area contributed by atoms with Crippen molar-refractivity contribution in [2.75, 3.05) is 18.0 Å². The maximum absolute atomic E-state index is 6.28. The molecule has 1 saturated heterocycles. The van der Waals surface area contributed by atoms with Crippen LogP contribution in [0.1, 0.15) is 51.4 Å². The fraction of sp³-hybridized carbons (Fsp3) is 0.367. The third-order valence-corrected chi connectivity index (χ3v) is 7.94. The van der Waals surface area contributed by atoms with E-state index >= 15 is 0 Å². The molecule has 2 fully saturated rings. The molecule has 188 valence electrons. The molecule has 7 nitrogen and oxygen atoms in total. The Labute approximate surface area is 216 Å². The number of rotatable bonds is 5. The minimum Gasteiger partial charge on any atom is -0.489 e. The number of hydrogen-bond acceptors (Lipinski definition) is 5. The molecule has 0 atom stereocenters. The number of anilines is 1. The number of ether oxygens (including phenoxy) is 1. The Morgan fingerprint density at radius 1 is 0.757 bits per heavy atom. The van der Waals surface area contributed by atoms with E-state index in [1.165, 1.54) is 49.6 Å². The summed E-state index contributed by atoms with van der Waals surface area (Å²) in [6.45, 7) is 2.18. The van der Waals surface area contributed by atoms with Crippen LogP contribution in [0.4, 0.5) is 5.69 Å². The number of piperidine rings is 1. The lowest BCUT2D eigenvalue weighted by atomic mass is 9.98. The molecule has 0 unspecified atom stereocenters. The lowest BCUT2D eigenvalue weighted by Gasteiger charge is -2.28.